The van der Waals surface area contributed by atoms with Gasteiger partial charge in [0.15, 0.2) is 11.6 Å². The van der Waals surface area contributed by atoms with Gasteiger partial charge in [0.25, 0.3) is 5.91 Å². The summed E-state index contributed by atoms with van der Waals surface area (Å²) in [7, 11) is 0. The van der Waals surface area contributed by atoms with Crippen LogP contribution in [0.15, 0.2) is 42.5 Å². The van der Waals surface area contributed by atoms with Crippen molar-refractivity contribution in [3.8, 4) is 0 Å². The molecule has 0 bridgehead atoms. The van der Waals surface area contributed by atoms with E-state index in [1.54, 1.807) is 6.92 Å². The zero-order valence-corrected chi connectivity index (χ0v) is 11.3. The number of hydrogen-bond acceptors (Lipinski definition) is 1. The fourth-order valence-electron chi connectivity index (χ4n) is 1.89. The number of halogens is 2. The summed E-state index contributed by atoms with van der Waals surface area (Å²) < 4.78 is 26.6. The molecule has 0 aromatic heterocycles. The lowest BCUT2D eigenvalue weighted by atomic mass is 10.1. The van der Waals surface area contributed by atoms with Crippen LogP contribution in [0.1, 0.15) is 34.5 Å². The molecule has 1 unspecified atom stereocenters. The van der Waals surface area contributed by atoms with E-state index in [1.807, 2.05) is 31.2 Å². The second-order valence-electron chi connectivity index (χ2n) is 4.71. The molecule has 104 valence electrons. The third-order valence-corrected chi connectivity index (χ3v) is 3.12. The van der Waals surface area contributed by atoms with E-state index in [2.05, 4.69) is 5.32 Å². The zero-order valence-electron chi connectivity index (χ0n) is 11.3. The lowest BCUT2D eigenvalue weighted by Crippen LogP contribution is -2.27. The highest BCUT2D eigenvalue weighted by molar-refractivity contribution is 5.94. The molecule has 4 heteroatoms. The molecule has 0 spiro atoms. The van der Waals surface area contributed by atoms with Gasteiger partial charge in [0.1, 0.15) is 0 Å². The molecule has 1 atom stereocenters. The van der Waals surface area contributed by atoms with Gasteiger partial charge in [-0.05, 0) is 31.5 Å². The maximum absolute atomic E-state index is 13.5. The largest absolute Gasteiger partial charge is 0.345 e. The van der Waals surface area contributed by atoms with E-state index in [-0.39, 0.29) is 11.6 Å². The highest BCUT2D eigenvalue weighted by Crippen LogP contribution is 2.16. The number of hydrogen-bond donors (Lipinski definition) is 1. The average molecular weight is 275 g/mol. The van der Waals surface area contributed by atoms with Crippen molar-refractivity contribution in [2.24, 2.45) is 0 Å². The molecule has 2 rings (SSSR count). The van der Waals surface area contributed by atoms with Gasteiger partial charge in [-0.15, -0.1) is 0 Å². The molecule has 0 saturated carbocycles. The third kappa shape index (κ3) is 3.02. The molecule has 20 heavy (non-hydrogen) atoms. The highest BCUT2D eigenvalue weighted by Gasteiger charge is 2.17. The van der Waals surface area contributed by atoms with Crippen LogP contribution in [0.25, 0.3) is 0 Å². The fourth-order valence-corrected chi connectivity index (χ4v) is 1.89. The topological polar surface area (TPSA) is 29.1 Å². The predicted molar refractivity (Wildman–Crippen MR) is 73.4 cm³/mol. The van der Waals surface area contributed by atoms with Crippen molar-refractivity contribution in [1.29, 1.82) is 0 Å². The molecule has 0 fully saturated rings. The number of carbonyl (C=O) groups is 1. The normalized spacial score (nSPS) is 12.0. The third-order valence-electron chi connectivity index (χ3n) is 3.12. The molecule has 2 aromatic carbocycles. The number of amides is 1. The summed E-state index contributed by atoms with van der Waals surface area (Å²) in [5.41, 5.74) is 1.73. The molecule has 2 nitrogen and oxygen atoms in total. The Morgan fingerprint density at radius 2 is 1.75 bits per heavy atom. The number of benzene rings is 2. The Hall–Kier alpha value is -2.23. The van der Waals surface area contributed by atoms with Crippen LogP contribution >= 0.6 is 0 Å². The molecule has 0 aliphatic heterocycles. The zero-order chi connectivity index (χ0) is 14.7. The lowest BCUT2D eigenvalue weighted by molar-refractivity contribution is 0.0934. The Balaban J connectivity index is 2.15. The molecular weight excluding hydrogens is 260 g/mol. The average Bonchev–Trinajstić information content (AvgIpc) is 2.42. The van der Waals surface area contributed by atoms with E-state index in [4.69, 9.17) is 0 Å². The Morgan fingerprint density at radius 1 is 1.10 bits per heavy atom. The molecule has 2 aromatic rings. The Bertz CT molecular complexity index is 623. The van der Waals surface area contributed by atoms with Crippen molar-refractivity contribution in [3.63, 3.8) is 0 Å². The second-order valence-corrected chi connectivity index (χ2v) is 4.71. The number of rotatable bonds is 3. The van der Waals surface area contributed by atoms with Crippen LogP contribution < -0.4 is 5.32 Å². The van der Waals surface area contributed by atoms with Crippen molar-refractivity contribution in [3.05, 3.63) is 70.8 Å². The molecule has 0 saturated heterocycles. The van der Waals surface area contributed by atoms with Crippen molar-refractivity contribution in [1.82, 2.24) is 5.32 Å². The lowest BCUT2D eigenvalue weighted by Gasteiger charge is -2.15. The molecule has 0 heterocycles. The van der Waals surface area contributed by atoms with Crippen LogP contribution in [0.4, 0.5) is 8.78 Å². The summed E-state index contributed by atoms with van der Waals surface area (Å²) in [5, 5.41) is 2.65. The summed E-state index contributed by atoms with van der Waals surface area (Å²) in [6.07, 6.45) is 0. The van der Waals surface area contributed by atoms with Crippen LogP contribution in [-0.4, -0.2) is 5.91 Å². The first-order valence-corrected chi connectivity index (χ1v) is 6.30. The number of aryl methyl sites for hydroxylation is 1. The minimum absolute atomic E-state index is 0.286. The number of carbonyl (C=O) groups excluding carboxylic acids is 1. The molecule has 1 N–H and O–H groups in total. The molecule has 0 aliphatic rings. The minimum Gasteiger partial charge on any atom is -0.345 e. The summed E-state index contributed by atoms with van der Waals surface area (Å²) in [5.74, 6) is -2.78. The van der Waals surface area contributed by atoms with Gasteiger partial charge in [-0.3, -0.25) is 4.79 Å². The van der Waals surface area contributed by atoms with Gasteiger partial charge in [-0.25, -0.2) is 8.78 Å². The summed E-state index contributed by atoms with van der Waals surface area (Å²) in [4.78, 5) is 12.0. The Kier molecular flexibility index (Phi) is 4.13. The van der Waals surface area contributed by atoms with Crippen LogP contribution in [0.3, 0.4) is 0 Å². The summed E-state index contributed by atoms with van der Waals surface area (Å²) in [6.45, 7) is 3.76. The smallest absolute Gasteiger partial charge is 0.254 e. The fraction of sp³-hybridized carbons (Fsp3) is 0.188. The second kappa shape index (κ2) is 5.82. The van der Waals surface area contributed by atoms with Crippen molar-refractivity contribution >= 4 is 5.91 Å². The maximum Gasteiger partial charge on any atom is 0.254 e. The summed E-state index contributed by atoms with van der Waals surface area (Å²) in [6, 6.07) is 10.9. The van der Waals surface area contributed by atoms with Gasteiger partial charge in [0, 0.05) is 0 Å². The van der Waals surface area contributed by atoms with E-state index in [0.29, 0.717) is 0 Å². The molecular formula is C16H15F2NO. The van der Waals surface area contributed by atoms with Gasteiger partial charge in [0.2, 0.25) is 0 Å². The standard InChI is InChI=1S/C16H15F2NO/c1-10-6-8-12(9-7-10)11(2)19-16(20)13-4-3-5-14(17)15(13)18/h3-9,11H,1-2H3,(H,19,20). The van der Waals surface area contributed by atoms with Crippen molar-refractivity contribution in [2.45, 2.75) is 19.9 Å². The highest BCUT2D eigenvalue weighted by atomic mass is 19.2. The van der Waals surface area contributed by atoms with Crippen LogP contribution in [0.5, 0.6) is 0 Å². The minimum atomic E-state index is -1.12. The first-order valence-electron chi connectivity index (χ1n) is 6.30. The van der Waals surface area contributed by atoms with Gasteiger partial charge >= 0.3 is 0 Å². The first kappa shape index (κ1) is 14.2. The van der Waals surface area contributed by atoms with E-state index in [0.717, 1.165) is 17.2 Å². The van der Waals surface area contributed by atoms with Gasteiger partial charge in [0.05, 0.1) is 11.6 Å². The van der Waals surface area contributed by atoms with Gasteiger partial charge < -0.3 is 5.32 Å². The van der Waals surface area contributed by atoms with E-state index in [9.17, 15) is 13.6 Å². The Labute approximate surface area is 116 Å². The summed E-state index contributed by atoms with van der Waals surface area (Å²) >= 11 is 0. The number of nitrogens with one attached hydrogen (secondary N) is 1. The molecule has 1 amide bonds. The monoisotopic (exact) mass is 275 g/mol. The SMILES string of the molecule is Cc1ccc(C(C)NC(=O)c2cccc(F)c2F)cc1. The van der Waals surface area contributed by atoms with Crippen LogP contribution in [0.2, 0.25) is 0 Å². The van der Waals surface area contributed by atoms with Crippen molar-refractivity contribution < 1.29 is 13.6 Å². The van der Waals surface area contributed by atoms with Crippen molar-refractivity contribution in [2.75, 3.05) is 0 Å². The van der Waals surface area contributed by atoms with Gasteiger partial charge in [-0.1, -0.05) is 35.9 Å². The van der Waals surface area contributed by atoms with Crippen LogP contribution in [-0.2, 0) is 0 Å². The van der Waals surface area contributed by atoms with E-state index >= 15 is 0 Å². The first-order chi connectivity index (χ1) is 9.49. The Morgan fingerprint density at radius 3 is 2.40 bits per heavy atom. The quantitative estimate of drug-likeness (QED) is 0.907. The maximum atomic E-state index is 13.5. The van der Waals surface area contributed by atoms with E-state index < -0.39 is 17.5 Å². The predicted octanol–water partition coefficient (Wildman–Crippen LogP) is 3.76. The molecule has 0 radical (unpaired) electrons. The van der Waals surface area contributed by atoms with Gasteiger partial charge in [-0.2, -0.15) is 0 Å². The van der Waals surface area contributed by atoms with E-state index in [1.165, 1.54) is 12.1 Å². The van der Waals surface area contributed by atoms with Crippen LogP contribution in [0, 0.1) is 18.6 Å². The molecule has 0 aliphatic carbocycles.